The van der Waals surface area contributed by atoms with Crippen LogP contribution in [-0.4, -0.2) is 36.2 Å². The lowest BCUT2D eigenvalue weighted by Crippen LogP contribution is -2.27. The summed E-state index contributed by atoms with van der Waals surface area (Å²) >= 11 is 4.60. The highest BCUT2D eigenvalue weighted by molar-refractivity contribution is 7.80. The summed E-state index contributed by atoms with van der Waals surface area (Å²) in [6.07, 6.45) is -4.41. The number of nitrogens with zero attached hydrogens (tertiary/aromatic N) is 1. The van der Waals surface area contributed by atoms with Crippen molar-refractivity contribution in [1.29, 1.82) is 0 Å². The molecule has 0 radical (unpaired) electrons. The van der Waals surface area contributed by atoms with E-state index in [1.807, 2.05) is 0 Å². The maximum Gasteiger partial charge on any atom is 0.390 e. The second-order valence-corrected chi connectivity index (χ2v) is 3.41. The zero-order valence-electron chi connectivity index (χ0n) is 7.40. The van der Waals surface area contributed by atoms with Crippen LogP contribution in [0.2, 0.25) is 0 Å². The molecule has 0 amide bonds. The van der Waals surface area contributed by atoms with Gasteiger partial charge in [0.05, 0.1) is 11.4 Å². The minimum atomic E-state index is -4.09. The highest BCUT2D eigenvalue weighted by atomic mass is 32.1. The summed E-state index contributed by atoms with van der Waals surface area (Å²) in [5.41, 5.74) is 5.21. The summed E-state index contributed by atoms with van der Waals surface area (Å²) in [6.45, 7) is 0.470. The average Bonchev–Trinajstić information content (AvgIpc) is 1.95. The zero-order valence-corrected chi connectivity index (χ0v) is 8.21. The van der Waals surface area contributed by atoms with Gasteiger partial charge in [0, 0.05) is 19.5 Å². The Morgan fingerprint density at radius 3 is 2.31 bits per heavy atom. The summed E-state index contributed by atoms with van der Waals surface area (Å²) in [5, 5.41) is 0. The third kappa shape index (κ3) is 9.55. The molecule has 0 aromatic heterocycles. The molecule has 0 spiro atoms. The normalized spacial score (nSPS) is 12.1. The Labute approximate surface area is 80.9 Å². The molecule has 0 aliphatic carbocycles. The Morgan fingerprint density at radius 2 is 1.92 bits per heavy atom. The van der Waals surface area contributed by atoms with E-state index in [-0.39, 0.29) is 6.54 Å². The second kappa shape index (κ2) is 5.39. The number of hydrogen-bond donors (Lipinski definition) is 1. The Morgan fingerprint density at radius 1 is 1.38 bits per heavy atom. The van der Waals surface area contributed by atoms with Crippen molar-refractivity contribution >= 4 is 17.2 Å². The van der Waals surface area contributed by atoms with Crippen LogP contribution in [0, 0.1) is 0 Å². The van der Waals surface area contributed by atoms with E-state index in [2.05, 4.69) is 12.2 Å². The van der Waals surface area contributed by atoms with Crippen LogP contribution in [0.4, 0.5) is 13.2 Å². The van der Waals surface area contributed by atoms with E-state index in [0.717, 1.165) is 0 Å². The van der Waals surface area contributed by atoms with Gasteiger partial charge in [0.15, 0.2) is 0 Å². The van der Waals surface area contributed by atoms with E-state index >= 15 is 0 Å². The standard InChI is InChI=1S/C7H13F3N2S/c1-12(4-2-6(11)13)5-3-7(8,9)10/h2-5H2,1H3,(H2,11,13). The average molecular weight is 214 g/mol. The SMILES string of the molecule is CN(CCC(N)=S)CCC(F)(F)F. The molecule has 0 aliphatic rings. The van der Waals surface area contributed by atoms with Crippen LogP contribution in [0.3, 0.4) is 0 Å². The lowest BCUT2D eigenvalue weighted by Gasteiger charge is -2.16. The summed E-state index contributed by atoms with van der Waals surface area (Å²) in [5.74, 6) is 0. The molecule has 0 rings (SSSR count). The Balaban J connectivity index is 3.52. The molecule has 6 heteroatoms. The molecule has 0 saturated carbocycles. The molecule has 0 aliphatic heterocycles. The van der Waals surface area contributed by atoms with Crippen molar-refractivity contribution in [2.45, 2.75) is 19.0 Å². The van der Waals surface area contributed by atoms with Crippen molar-refractivity contribution in [3.63, 3.8) is 0 Å². The van der Waals surface area contributed by atoms with E-state index in [0.29, 0.717) is 18.0 Å². The molecule has 0 heterocycles. The van der Waals surface area contributed by atoms with Gasteiger partial charge in [0.25, 0.3) is 0 Å². The number of thiocarbonyl (C=S) groups is 1. The predicted molar refractivity (Wildman–Crippen MR) is 49.6 cm³/mol. The first kappa shape index (κ1) is 12.6. The van der Waals surface area contributed by atoms with Crippen LogP contribution < -0.4 is 5.73 Å². The number of halogens is 3. The quantitative estimate of drug-likeness (QED) is 0.704. The Bertz CT molecular complexity index is 170. The third-order valence-corrected chi connectivity index (χ3v) is 1.72. The molecule has 13 heavy (non-hydrogen) atoms. The molecule has 0 fully saturated rings. The van der Waals surface area contributed by atoms with Gasteiger partial charge in [-0.3, -0.25) is 0 Å². The number of rotatable bonds is 5. The number of hydrogen-bond acceptors (Lipinski definition) is 2. The maximum absolute atomic E-state index is 11.7. The minimum absolute atomic E-state index is 0.00782. The van der Waals surface area contributed by atoms with Gasteiger partial charge in [0.2, 0.25) is 0 Å². The lowest BCUT2D eigenvalue weighted by atomic mass is 10.3. The van der Waals surface area contributed by atoms with Crippen LogP contribution in [0.1, 0.15) is 12.8 Å². The molecule has 2 nitrogen and oxygen atoms in total. The van der Waals surface area contributed by atoms with Crippen molar-refractivity contribution in [1.82, 2.24) is 4.90 Å². The molecule has 0 atom stereocenters. The van der Waals surface area contributed by atoms with Gasteiger partial charge in [-0.1, -0.05) is 12.2 Å². The highest BCUT2D eigenvalue weighted by Gasteiger charge is 2.26. The topological polar surface area (TPSA) is 29.3 Å². The van der Waals surface area contributed by atoms with Crippen molar-refractivity contribution in [3.05, 3.63) is 0 Å². The molecule has 2 N–H and O–H groups in total. The maximum atomic E-state index is 11.7. The fourth-order valence-corrected chi connectivity index (χ4v) is 0.822. The largest absolute Gasteiger partial charge is 0.393 e. The van der Waals surface area contributed by atoms with Gasteiger partial charge in [-0.25, -0.2) is 0 Å². The summed E-state index contributed by atoms with van der Waals surface area (Å²) in [7, 11) is 1.62. The van der Waals surface area contributed by atoms with Crippen LogP contribution in [0.15, 0.2) is 0 Å². The second-order valence-electron chi connectivity index (χ2n) is 2.88. The lowest BCUT2D eigenvalue weighted by molar-refractivity contribution is -0.137. The van der Waals surface area contributed by atoms with E-state index < -0.39 is 12.6 Å². The molecular weight excluding hydrogens is 201 g/mol. The molecule has 0 bridgehead atoms. The van der Waals surface area contributed by atoms with Gasteiger partial charge < -0.3 is 10.6 Å². The van der Waals surface area contributed by atoms with Gasteiger partial charge in [-0.2, -0.15) is 13.2 Å². The van der Waals surface area contributed by atoms with Crippen LogP contribution in [0.5, 0.6) is 0 Å². The van der Waals surface area contributed by atoms with Gasteiger partial charge in [-0.05, 0) is 7.05 Å². The fraction of sp³-hybridized carbons (Fsp3) is 0.857. The molecule has 0 saturated heterocycles. The third-order valence-electron chi connectivity index (χ3n) is 1.52. The van der Waals surface area contributed by atoms with E-state index in [9.17, 15) is 13.2 Å². The van der Waals surface area contributed by atoms with Crippen molar-refractivity contribution < 1.29 is 13.2 Å². The Hall–Kier alpha value is -0.360. The molecule has 0 unspecified atom stereocenters. The van der Waals surface area contributed by atoms with Crippen LogP contribution >= 0.6 is 12.2 Å². The van der Waals surface area contributed by atoms with E-state index in [1.54, 1.807) is 11.9 Å². The summed E-state index contributed by atoms with van der Waals surface area (Å²) in [4.78, 5) is 1.89. The van der Waals surface area contributed by atoms with E-state index in [4.69, 9.17) is 5.73 Å². The van der Waals surface area contributed by atoms with Crippen LogP contribution in [-0.2, 0) is 0 Å². The van der Waals surface area contributed by atoms with Gasteiger partial charge >= 0.3 is 6.18 Å². The molecular formula is C7H13F3N2S. The van der Waals surface area contributed by atoms with Gasteiger partial charge in [0.1, 0.15) is 0 Å². The first-order valence-electron chi connectivity index (χ1n) is 3.85. The van der Waals surface area contributed by atoms with Crippen LogP contribution in [0.25, 0.3) is 0 Å². The van der Waals surface area contributed by atoms with Gasteiger partial charge in [-0.15, -0.1) is 0 Å². The molecule has 0 aromatic carbocycles. The summed E-state index contributed by atoms with van der Waals surface area (Å²) < 4.78 is 35.2. The number of nitrogens with two attached hydrogens (primary N) is 1. The number of alkyl halides is 3. The van der Waals surface area contributed by atoms with Crippen molar-refractivity contribution in [2.24, 2.45) is 5.73 Å². The minimum Gasteiger partial charge on any atom is -0.393 e. The Kier molecular flexibility index (Phi) is 5.24. The monoisotopic (exact) mass is 214 g/mol. The molecule has 78 valence electrons. The van der Waals surface area contributed by atoms with Crippen molar-refractivity contribution in [3.8, 4) is 0 Å². The van der Waals surface area contributed by atoms with E-state index in [1.165, 1.54) is 0 Å². The summed E-state index contributed by atoms with van der Waals surface area (Å²) in [6, 6.07) is 0. The zero-order chi connectivity index (χ0) is 10.5. The first-order chi connectivity index (χ1) is 5.81. The van der Waals surface area contributed by atoms with Crippen molar-refractivity contribution in [2.75, 3.05) is 20.1 Å². The fourth-order valence-electron chi connectivity index (χ4n) is 0.730. The smallest absolute Gasteiger partial charge is 0.390 e. The predicted octanol–water partition coefficient (Wildman–Crippen LogP) is 1.55. The highest BCUT2D eigenvalue weighted by Crippen LogP contribution is 2.19. The molecule has 0 aromatic rings. The first-order valence-corrected chi connectivity index (χ1v) is 4.25.